The number of carbonyl (C=O) groups excluding carboxylic acids is 2. The Bertz CT molecular complexity index is 982. The van der Waals surface area contributed by atoms with Crippen molar-refractivity contribution in [2.24, 2.45) is 0 Å². The van der Waals surface area contributed by atoms with Crippen LogP contribution in [0.4, 0.5) is 11.4 Å². The fraction of sp³-hybridized carbons (Fsp3) is 0.143. The summed E-state index contributed by atoms with van der Waals surface area (Å²) in [6.07, 6.45) is 0. The van der Waals surface area contributed by atoms with Gasteiger partial charge in [-0.05, 0) is 71.4 Å². The number of anilines is 2. The normalized spacial score (nSPS) is 10.4. The van der Waals surface area contributed by atoms with E-state index in [1.807, 2.05) is 6.92 Å². The molecule has 144 valence electrons. The molecule has 0 saturated heterocycles. The number of nitrogens with zero attached hydrogens (tertiary/aromatic N) is 1. The minimum absolute atomic E-state index is 0.177. The van der Waals surface area contributed by atoms with Gasteiger partial charge in [0.1, 0.15) is 5.75 Å². The van der Waals surface area contributed by atoms with Crippen molar-refractivity contribution in [3.8, 4) is 5.75 Å². The molecule has 0 radical (unpaired) electrons. The average molecular weight is 443 g/mol. The molecule has 0 aliphatic rings. The summed E-state index contributed by atoms with van der Waals surface area (Å²) in [5.74, 6) is 0.235. The molecule has 7 heteroatoms. The summed E-state index contributed by atoms with van der Waals surface area (Å²) in [5, 5.41) is 2.84. The first kappa shape index (κ1) is 19.7. The number of rotatable bonds is 6. The van der Waals surface area contributed by atoms with E-state index >= 15 is 0 Å². The first-order chi connectivity index (χ1) is 13.5. The van der Waals surface area contributed by atoms with Crippen LogP contribution in [0.5, 0.6) is 5.75 Å². The Morgan fingerprint density at radius 2 is 1.79 bits per heavy atom. The van der Waals surface area contributed by atoms with Gasteiger partial charge in [-0.15, -0.1) is 0 Å². The van der Waals surface area contributed by atoms with E-state index in [-0.39, 0.29) is 17.6 Å². The van der Waals surface area contributed by atoms with Gasteiger partial charge in [-0.2, -0.15) is 0 Å². The van der Waals surface area contributed by atoms with E-state index in [0.29, 0.717) is 28.2 Å². The number of benzene rings is 2. The molecule has 6 nitrogen and oxygen atoms in total. The largest absolute Gasteiger partial charge is 0.494 e. The smallest absolute Gasteiger partial charge is 0.293 e. The molecule has 0 aliphatic carbocycles. The van der Waals surface area contributed by atoms with Gasteiger partial charge >= 0.3 is 0 Å². The number of para-hydroxylation sites is 1. The summed E-state index contributed by atoms with van der Waals surface area (Å²) in [6, 6.07) is 17.2. The SMILES string of the molecule is CCOc1ccc(NC(=O)c2ccccc2N(C)C(=O)c2ccc(Br)o2)cc1. The molecule has 0 saturated carbocycles. The second-order valence-corrected chi connectivity index (χ2v) is 6.68. The second kappa shape index (κ2) is 8.75. The Kier molecular flexibility index (Phi) is 6.16. The van der Waals surface area contributed by atoms with E-state index < -0.39 is 0 Å². The summed E-state index contributed by atoms with van der Waals surface area (Å²) in [4.78, 5) is 26.8. The topological polar surface area (TPSA) is 71.8 Å². The molecule has 3 aromatic rings. The molecule has 2 aromatic carbocycles. The van der Waals surface area contributed by atoms with Crippen molar-refractivity contribution in [2.45, 2.75) is 6.92 Å². The molecule has 0 spiro atoms. The highest BCUT2D eigenvalue weighted by molar-refractivity contribution is 9.10. The number of amides is 2. The number of furan rings is 1. The third kappa shape index (κ3) is 4.43. The highest BCUT2D eigenvalue weighted by Crippen LogP contribution is 2.24. The Morgan fingerprint density at radius 1 is 1.07 bits per heavy atom. The van der Waals surface area contributed by atoms with Gasteiger partial charge in [-0.3, -0.25) is 9.59 Å². The molecule has 2 amide bonds. The molecule has 1 N–H and O–H groups in total. The Hall–Kier alpha value is -3.06. The number of carbonyl (C=O) groups is 2. The standard InChI is InChI=1S/C21H19BrN2O4/c1-3-27-15-10-8-14(9-11-15)23-20(25)16-6-4-5-7-17(16)24(2)21(26)18-12-13-19(22)28-18/h4-13H,3H2,1-2H3,(H,23,25). The predicted octanol–water partition coefficient (Wildman–Crippen LogP) is 4.97. The maximum Gasteiger partial charge on any atom is 0.293 e. The van der Waals surface area contributed by atoms with Crippen LogP contribution in [0.1, 0.15) is 27.8 Å². The van der Waals surface area contributed by atoms with Crippen molar-refractivity contribution >= 4 is 39.1 Å². The Labute approximate surface area is 171 Å². The van der Waals surface area contributed by atoms with Gasteiger partial charge in [0.25, 0.3) is 11.8 Å². The minimum atomic E-state index is -0.355. The number of hydrogen-bond donors (Lipinski definition) is 1. The number of nitrogens with one attached hydrogen (secondary N) is 1. The van der Waals surface area contributed by atoms with Crippen molar-refractivity contribution in [3.63, 3.8) is 0 Å². The van der Waals surface area contributed by atoms with Crippen LogP contribution in [0, 0.1) is 0 Å². The molecular formula is C21H19BrN2O4. The molecular weight excluding hydrogens is 424 g/mol. The zero-order valence-corrected chi connectivity index (χ0v) is 17.0. The molecule has 1 heterocycles. The lowest BCUT2D eigenvalue weighted by Gasteiger charge is -2.19. The van der Waals surface area contributed by atoms with E-state index in [2.05, 4.69) is 21.2 Å². The Morgan fingerprint density at radius 3 is 2.43 bits per heavy atom. The molecule has 1 aromatic heterocycles. The lowest BCUT2D eigenvalue weighted by molar-refractivity contribution is 0.0965. The predicted molar refractivity (Wildman–Crippen MR) is 111 cm³/mol. The Balaban J connectivity index is 1.80. The molecule has 0 aliphatic heterocycles. The second-order valence-electron chi connectivity index (χ2n) is 5.90. The van der Waals surface area contributed by atoms with Crippen molar-refractivity contribution in [1.82, 2.24) is 0 Å². The van der Waals surface area contributed by atoms with Crippen LogP contribution in [-0.2, 0) is 0 Å². The first-order valence-electron chi connectivity index (χ1n) is 8.66. The van der Waals surface area contributed by atoms with Crippen molar-refractivity contribution in [3.05, 3.63) is 76.7 Å². The van der Waals surface area contributed by atoms with Gasteiger partial charge < -0.3 is 19.4 Å². The maximum atomic E-state index is 12.8. The van der Waals surface area contributed by atoms with Gasteiger partial charge in [-0.1, -0.05) is 12.1 Å². The molecule has 0 atom stereocenters. The van der Waals surface area contributed by atoms with Crippen LogP contribution in [0.15, 0.2) is 69.8 Å². The number of hydrogen-bond acceptors (Lipinski definition) is 4. The maximum absolute atomic E-state index is 12.8. The lowest BCUT2D eigenvalue weighted by Crippen LogP contribution is -2.28. The van der Waals surface area contributed by atoms with Crippen LogP contribution in [0.25, 0.3) is 0 Å². The lowest BCUT2D eigenvalue weighted by atomic mass is 10.1. The molecule has 0 fully saturated rings. The van der Waals surface area contributed by atoms with E-state index in [4.69, 9.17) is 9.15 Å². The fourth-order valence-electron chi connectivity index (χ4n) is 2.66. The molecule has 3 rings (SSSR count). The quantitative estimate of drug-likeness (QED) is 0.584. The third-order valence-corrected chi connectivity index (χ3v) is 4.45. The summed E-state index contributed by atoms with van der Waals surface area (Å²) < 4.78 is 11.2. The van der Waals surface area contributed by atoms with E-state index in [1.54, 1.807) is 67.7 Å². The van der Waals surface area contributed by atoms with Crippen molar-refractivity contribution in [1.29, 1.82) is 0 Å². The summed E-state index contributed by atoms with van der Waals surface area (Å²) in [5.41, 5.74) is 1.48. The zero-order valence-electron chi connectivity index (χ0n) is 15.4. The monoisotopic (exact) mass is 442 g/mol. The van der Waals surface area contributed by atoms with Crippen molar-refractivity contribution in [2.75, 3.05) is 23.9 Å². The number of ether oxygens (including phenoxy) is 1. The van der Waals surface area contributed by atoms with Gasteiger partial charge in [0, 0.05) is 12.7 Å². The van der Waals surface area contributed by atoms with E-state index in [1.165, 1.54) is 4.90 Å². The highest BCUT2D eigenvalue weighted by atomic mass is 79.9. The average Bonchev–Trinajstić information content (AvgIpc) is 3.15. The van der Waals surface area contributed by atoms with E-state index in [9.17, 15) is 9.59 Å². The fourth-order valence-corrected chi connectivity index (χ4v) is 2.97. The van der Waals surface area contributed by atoms with E-state index in [0.717, 1.165) is 5.75 Å². The van der Waals surface area contributed by atoms with Gasteiger partial charge in [0.15, 0.2) is 10.4 Å². The number of halogens is 1. The van der Waals surface area contributed by atoms with Crippen LogP contribution >= 0.6 is 15.9 Å². The van der Waals surface area contributed by atoms with Gasteiger partial charge in [0.2, 0.25) is 0 Å². The molecule has 0 bridgehead atoms. The van der Waals surface area contributed by atoms with Gasteiger partial charge in [0.05, 0.1) is 17.9 Å². The zero-order chi connectivity index (χ0) is 20.1. The summed E-state index contributed by atoms with van der Waals surface area (Å²) in [7, 11) is 1.60. The van der Waals surface area contributed by atoms with Crippen LogP contribution < -0.4 is 15.0 Å². The van der Waals surface area contributed by atoms with Crippen LogP contribution in [-0.4, -0.2) is 25.5 Å². The first-order valence-corrected chi connectivity index (χ1v) is 9.45. The molecule has 0 unspecified atom stereocenters. The third-order valence-electron chi connectivity index (χ3n) is 4.02. The summed E-state index contributed by atoms with van der Waals surface area (Å²) >= 11 is 3.18. The summed E-state index contributed by atoms with van der Waals surface area (Å²) in [6.45, 7) is 2.48. The molecule has 28 heavy (non-hydrogen) atoms. The van der Waals surface area contributed by atoms with Gasteiger partial charge in [-0.25, -0.2) is 0 Å². The highest BCUT2D eigenvalue weighted by Gasteiger charge is 2.21. The van der Waals surface area contributed by atoms with Crippen molar-refractivity contribution < 1.29 is 18.7 Å². The minimum Gasteiger partial charge on any atom is -0.494 e. The van der Waals surface area contributed by atoms with Crippen LogP contribution in [0.3, 0.4) is 0 Å². The van der Waals surface area contributed by atoms with Crippen LogP contribution in [0.2, 0.25) is 0 Å².